The Labute approximate surface area is 169 Å². The molecule has 9 heteroatoms. The maximum absolute atomic E-state index is 13.1. The van der Waals surface area contributed by atoms with Gasteiger partial charge in [0.05, 0.1) is 0 Å². The Bertz CT molecular complexity index is 1200. The van der Waals surface area contributed by atoms with Crippen molar-refractivity contribution in [2.24, 2.45) is 4.99 Å². The van der Waals surface area contributed by atoms with E-state index in [1.54, 1.807) is 42.5 Å². The van der Waals surface area contributed by atoms with E-state index < -0.39 is 11.5 Å². The zero-order valence-electron chi connectivity index (χ0n) is 14.2. The first kappa shape index (κ1) is 18.0. The first-order valence-corrected chi connectivity index (χ1v) is 8.96. The Morgan fingerprint density at radius 3 is 2.43 bits per heavy atom. The van der Waals surface area contributed by atoms with E-state index in [0.717, 1.165) is 21.4 Å². The molecule has 0 fully saturated rings. The van der Waals surface area contributed by atoms with E-state index in [2.05, 4.69) is 15.2 Å². The maximum atomic E-state index is 13.1. The number of hydrogen-bond acceptors (Lipinski definition) is 5. The second-order valence-electron chi connectivity index (χ2n) is 5.82. The Balaban J connectivity index is 1.89. The minimum atomic E-state index is -0.548. The molecule has 28 heavy (non-hydrogen) atoms. The maximum Gasteiger partial charge on any atom is 0.297 e. The van der Waals surface area contributed by atoms with Gasteiger partial charge in [-0.3, -0.25) is 14.7 Å². The Kier molecular flexibility index (Phi) is 4.72. The van der Waals surface area contributed by atoms with Crippen LogP contribution in [0.25, 0.3) is 6.08 Å². The van der Waals surface area contributed by atoms with Crippen LogP contribution in [0.15, 0.2) is 76.3 Å². The number of H-pyrrole nitrogens is 1. The second kappa shape index (κ2) is 7.34. The molecule has 1 aliphatic rings. The molecule has 1 N–H and O–H groups in total. The zero-order valence-corrected chi connectivity index (χ0v) is 15.8. The number of carbonyl (C=O) groups is 1. The molecule has 0 radical (unpaired) electrons. The SMILES string of the molecule is O=C1/C(=C/c2ccc(Cl)cc2)N=C(c2ccccc2)N1n1c(=O)cn[nH]c1=S. The summed E-state index contributed by atoms with van der Waals surface area (Å²) in [6.45, 7) is 0. The van der Waals surface area contributed by atoms with Crippen molar-refractivity contribution in [3.8, 4) is 0 Å². The molecule has 0 bridgehead atoms. The van der Waals surface area contributed by atoms with Gasteiger partial charge in [0.15, 0.2) is 5.84 Å². The summed E-state index contributed by atoms with van der Waals surface area (Å²) in [6, 6.07) is 16.1. The van der Waals surface area contributed by atoms with Gasteiger partial charge < -0.3 is 0 Å². The largest absolute Gasteiger partial charge is 0.297 e. The average Bonchev–Trinajstić information content (AvgIpc) is 3.01. The van der Waals surface area contributed by atoms with Crippen LogP contribution < -0.4 is 10.6 Å². The molecule has 2 aromatic carbocycles. The highest BCUT2D eigenvalue weighted by Crippen LogP contribution is 2.21. The number of halogens is 1. The normalized spacial score (nSPS) is 15.2. The quantitative estimate of drug-likeness (QED) is 0.532. The van der Waals surface area contributed by atoms with Crippen molar-refractivity contribution in [1.82, 2.24) is 14.9 Å². The van der Waals surface area contributed by atoms with Gasteiger partial charge in [-0.05, 0) is 36.0 Å². The van der Waals surface area contributed by atoms with Gasteiger partial charge in [0.1, 0.15) is 11.9 Å². The number of aromatic nitrogens is 3. The standard InChI is InChI=1S/C19H12ClN5O2S/c20-14-8-6-12(7-9-14)10-15-18(27)25(24-16(26)11-21-23-19(24)28)17(22-15)13-4-2-1-3-5-13/h1-11H,(H,23,28)/b15-10-. The van der Waals surface area contributed by atoms with Crippen LogP contribution in [0.5, 0.6) is 0 Å². The molecule has 3 aromatic rings. The summed E-state index contributed by atoms with van der Waals surface area (Å²) < 4.78 is 1.02. The average molecular weight is 410 g/mol. The monoisotopic (exact) mass is 409 g/mol. The van der Waals surface area contributed by atoms with Gasteiger partial charge in [-0.25, -0.2) is 4.99 Å². The molecule has 0 saturated heterocycles. The number of amidine groups is 1. The lowest BCUT2D eigenvalue weighted by atomic mass is 10.2. The first-order chi connectivity index (χ1) is 13.5. The van der Waals surface area contributed by atoms with Gasteiger partial charge >= 0.3 is 0 Å². The lowest BCUT2D eigenvalue weighted by molar-refractivity contribution is -0.115. The topological polar surface area (TPSA) is 83.3 Å². The van der Waals surface area contributed by atoms with Crippen LogP contribution in [0, 0.1) is 4.77 Å². The summed E-state index contributed by atoms with van der Waals surface area (Å²) in [4.78, 5) is 30.0. The summed E-state index contributed by atoms with van der Waals surface area (Å²) in [5, 5.41) is 7.93. The highest BCUT2D eigenvalue weighted by molar-refractivity contribution is 7.71. The fourth-order valence-electron chi connectivity index (χ4n) is 2.72. The minimum Gasteiger partial charge on any atom is -0.266 e. The number of benzene rings is 2. The van der Waals surface area contributed by atoms with Crippen molar-refractivity contribution in [3.05, 3.63) is 97.8 Å². The molecule has 138 valence electrons. The van der Waals surface area contributed by atoms with Gasteiger partial charge in [0.25, 0.3) is 11.5 Å². The van der Waals surface area contributed by atoms with Crippen LogP contribution in [-0.2, 0) is 4.79 Å². The molecule has 2 heterocycles. The number of aromatic amines is 1. The summed E-state index contributed by atoms with van der Waals surface area (Å²) in [7, 11) is 0. The molecule has 0 atom stereocenters. The summed E-state index contributed by atoms with van der Waals surface area (Å²) in [5.74, 6) is -0.194. The van der Waals surface area contributed by atoms with Crippen LogP contribution in [0.3, 0.4) is 0 Å². The third-order valence-electron chi connectivity index (χ3n) is 3.98. The summed E-state index contributed by atoms with van der Waals surface area (Å²) in [5.41, 5.74) is 1.03. The Morgan fingerprint density at radius 1 is 1.04 bits per heavy atom. The predicted octanol–water partition coefficient (Wildman–Crippen LogP) is 2.92. The van der Waals surface area contributed by atoms with Crippen LogP contribution in [0.2, 0.25) is 5.02 Å². The van der Waals surface area contributed by atoms with Crippen molar-refractivity contribution in [2.45, 2.75) is 0 Å². The number of aliphatic imine (C=N–C) groups is 1. The lowest BCUT2D eigenvalue weighted by Crippen LogP contribution is -2.48. The smallest absolute Gasteiger partial charge is 0.266 e. The van der Waals surface area contributed by atoms with Crippen molar-refractivity contribution >= 4 is 41.6 Å². The Morgan fingerprint density at radius 2 is 1.75 bits per heavy atom. The van der Waals surface area contributed by atoms with Crippen molar-refractivity contribution in [1.29, 1.82) is 0 Å². The molecule has 0 aliphatic carbocycles. The van der Waals surface area contributed by atoms with E-state index in [1.807, 2.05) is 18.2 Å². The molecule has 0 spiro atoms. The fraction of sp³-hybridized carbons (Fsp3) is 0. The van der Waals surface area contributed by atoms with E-state index in [4.69, 9.17) is 23.8 Å². The highest BCUT2D eigenvalue weighted by atomic mass is 35.5. The van der Waals surface area contributed by atoms with E-state index in [9.17, 15) is 9.59 Å². The van der Waals surface area contributed by atoms with Crippen LogP contribution in [0.1, 0.15) is 11.1 Å². The molecule has 1 aliphatic heterocycles. The third kappa shape index (κ3) is 3.30. The van der Waals surface area contributed by atoms with Crippen LogP contribution >= 0.6 is 23.8 Å². The van der Waals surface area contributed by atoms with E-state index in [0.29, 0.717) is 16.4 Å². The predicted molar refractivity (Wildman–Crippen MR) is 109 cm³/mol. The number of carbonyl (C=O) groups excluding carboxylic acids is 1. The van der Waals surface area contributed by atoms with Crippen molar-refractivity contribution in [3.63, 3.8) is 0 Å². The van der Waals surface area contributed by atoms with Gasteiger partial charge in [-0.2, -0.15) is 14.8 Å². The van der Waals surface area contributed by atoms with Crippen LogP contribution in [-0.4, -0.2) is 26.6 Å². The summed E-state index contributed by atoms with van der Waals surface area (Å²) in [6.07, 6.45) is 2.67. The van der Waals surface area contributed by atoms with E-state index in [1.165, 1.54) is 0 Å². The third-order valence-corrected chi connectivity index (χ3v) is 4.50. The van der Waals surface area contributed by atoms with E-state index in [-0.39, 0.29) is 10.5 Å². The van der Waals surface area contributed by atoms with Gasteiger partial charge in [0.2, 0.25) is 4.77 Å². The number of nitrogens with zero attached hydrogens (tertiary/aromatic N) is 4. The molecule has 0 saturated carbocycles. The van der Waals surface area contributed by atoms with E-state index >= 15 is 0 Å². The molecule has 4 rings (SSSR count). The van der Waals surface area contributed by atoms with Gasteiger partial charge in [-0.1, -0.05) is 54.1 Å². The van der Waals surface area contributed by atoms with Crippen molar-refractivity contribution < 1.29 is 4.79 Å². The first-order valence-electron chi connectivity index (χ1n) is 8.17. The number of nitrogens with one attached hydrogen (secondary N) is 1. The Hall–Kier alpha value is -3.36. The lowest BCUT2D eigenvalue weighted by Gasteiger charge is -2.19. The minimum absolute atomic E-state index is 0.0165. The summed E-state index contributed by atoms with van der Waals surface area (Å²) >= 11 is 11.1. The molecule has 1 amide bonds. The number of amides is 1. The fourth-order valence-corrected chi connectivity index (χ4v) is 3.07. The zero-order chi connectivity index (χ0) is 19.7. The number of rotatable bonds is 3. The number of hydrogen-bond donors (Lipinski definition) is 1. The molecular formula is C19H12ClN5O2S. The van der Waals surface area contributed by atoms with Gasteiger partial charge in [0, 0.05) is 10.6 Å². The molecular weight excluding hydrogens is 398 g/mol. The highest BCUT2D eigenvalue weighted by Gasteiger charge is 2.34. The second-order valence-corrected chi connectivity index (χ2v) is 6.65. The molecule has 7 nitrogen and oxygen atoms in total. The van der Waals surface area contributed by atoms with Crippen LogP contribution in [0.4, 0.5) is 0 Å². The van der Waals surface area contributed by atoms with Crippen molar-refractivity contribution in [2.75, 3.05) is 5.01 Å². The van der Waals surface area contributed by atoms with Gasteiger partial charge in [-0.15, -0.1) is 0 Å². The molecule has 0 unspecified atom stereocenters. The molecule has 1 aromatic heterocycles.